The minimum atomic E-state index is -4.54. The van der Waals surface area contributed by atoms with E-state index in [4.69, 9.17) is 0 Å². The van der Waals surface area contributed by atoms with Gasteiger partial charge in [-0.3, -0.25) is 9.78 Å². The predicted octanol–water partition coefficient (Wildman–Crippen LogP) is 4.21. The first-order valence-corrected chi connectivity index (χ1v) is 11.3. The lowest BCUT2D eigenvalue weighted by molar-refractivity contribution is -0.137. The van der Waals surface area contributed by atoms with Crippen LogP contribution in [-0.4, -0.2) is 54.2 Å². The molecule has 0 unspecified atom stereocenters. The van der Waals surface area contributed by atoms with E-state index in [0.717, 1.165) is 29.7 Å². The zero-order valence-corrected chi connectivity index (χ0v) is 19.1. The van der Waals surface area contributed by atoms with Gasteiger partial charge in [-0.1, -0.05) is 12.1 Å². The SMILES string of the molecule is C[C@H]1CN(S(=O)(=O)c2ccc(C(F)(F)F)cc2)CCN1C(=O)c1cccc2ccncc12.Cl. The van der Waals surface area contributed by atoms with Crippen LogP contribution in [0.1, 0.15) is 22.8 Å². The largest absolute Gasteiger partial charge is 0.416 e. The van der Waals surface area contributed by atoms with Crippen molar-refractivity contribution in [3.63, 3.8) is 0 Å². The van der Waals surface area contributed by atoms with E-state index in [1.54, 1.807) is 36.4 Å². The fourth-order valence-electron chi connectivity index (χ4n) is 3.86. The normalized spacial score (nSPS) is 17.6. The molecule has 2 aromatic carbocycles. The van der Waals surface area contributed by atoms with Gasteiger partial charge in [-0.05, 0) is 48.7 Å². The van der Waals surface area contributed by atoms with E-state index in [0.29, 0.717) is 10.9 Å². The molecule has 0 spiro atoms. The van der Waals surface area contributed by atoms with Crippen LogP contribution in [0, 0.1) is 0 Å². The van der Waals surface area contributed by atoms with Crippen molar-refractivity contribution >= 4 is 39.1 Å². The molecule has 11 heteroatoms. The second kappa shape index (κ2) is 9.28. The van der Waals surface area contributed by atoms with Crippen LogP contribution in [0.15, 0.2) is 65.8 Å². The van der Waals surface area contributed by atoms with Gasteiger partial charge in [0.15, 0.2) is 0 Å². The molecule has 6 nitrogen and oxygen atoms in total. The van der Waals surface area contributed by atoms with Crippen molar-refractivity contribution in [3.05, 3.63) is 72.1 Å². The van der Waals surface area contributed by atoms with Gasteiger partial charge >= 0.3 is 6.18 Å². The maximum Gasteiger partial charge on any atom is 0.416 e. The minimum absolute atomic E-state index is 0. The summed E-state index contributed by atoms with van der Waals surface area (Å²) in [6.45, 7) is 1.99. The molecule has 1 amide bonds. The average Bonchev–Trinajstić information content (AvgIpc) is 2.77. The number of rotatable bonds is 3. The number of nitrogens with zero attached hydrogens (tertiary/aromatic N) is 3. The second-order valence-electron chi connectivity index (χ2n) is 7.64. The first-order valence-electron chi connectivity index (χ1n) is 9.90. The number of halogens is 4. The molecule has 1 aliphatic heterocycles. The number of aromatic nitrogens is 1. The molecule has 1 saturated heterocycles. The Morgan fingerprint density at radius 1 is 1.06 bits per heavy atom. The van der Waals surface area contributed by atoms with Crippen molar-refractivity contribution in [1.29, 1.82) is 0 Å². The number of benzene rings is 2. The molecule has 176 valence electrons. The summed E-state index contributed by atoms with van der Waals surface area (Å²) in [5.74, 6) is -0.220. The van der Waals surface area contributed by atoms with Crippen LogP contribution in [0.3, 0.4) is 0 Å². The van der Waals surface area contributed by atoms with Crippen molar-refractivity contribution < 1.29 is 26.4 Å². The number of sulfonamides is 1. The summed E-state index contributed by atoms with van der Waals surface area (Å²) in [4.78, 5) is 18.7. The highest BCUT2D eigenvalue weighted by Gasteiger charge is 2.36. The summed E-state index contributed by atoms with van der Waals surface area (Å²) < 4.78 is 65.4. The quantitative estimate of drug-likeness (QED) is 0.541. The molecule has 0 bridgehead atoms. The standard InChI is InChI=1S/C22H20F3N3O3S.ClH/c1-15-14-27(32(30,31)18-7-5-17(6-8-18)22(23,24)25)11-12-28(15)21(29)19-4-2-3-16-9-10-26-13-20(16)19;/h2-10,13,15H,11-12,14H2,1H3;1H/t15-;/m0./s1. The highest BCUT2D eigenvalue weighted by molar-refractivity contribution is 7.89. The van der Waals surface area contributed by atoms with Crippen LogP contribution in [0.4, 0.5) is 13.2 Å². The molecule has 1 fully saturated rings. The lowest BCUT2D eigenvalue weighted by Gasteiger charge is -2.39. The Morgan fingerprint density at radius 2 is 1.76 bits per heavy atom. The van der Waals surface area contributed by atoms with Gasteiger partial charge in [-0.25, -0.2) is 8.42 Å². The Bertz CT molecular complexity index is 1260. The zero-order chi connectivity index (χ0) is 23.1. The third-order valence-electron chi connectivity index (χ3n) is 5.58. The van der Waals surface area contributed by atoms with E-state index < -0.39 is 27.8 Å². The molecule has 1 aliphatic rings. The smallest absolute Gasteiger partial charge is 0.333 e. The molecular weight excluding hydrogens is 479 g/mol. The molecule has 3 aromatic rings. The van der Waals surface area contributed by atoms with Crippen LogP contribution in [0.25, 0.3) is 10.8 Å². The lowest BCUT2D eigenvalue weighted by Crippen LogP contribution is -2.55. The Labute approximate surface area is 195 Å². The summed E-state index contributed by atoms with van der Waals surface area (Å²) >= 11 is 0. The first-order chi connectivity index (χ1) is 15.1. The van der Waals surface area contributed by atoms with Gasteiger partial charge in [-0.15, -0.1) is 12.4 Å². The molecule has 1 aromatic heterocycles. The van der Waals surface area contributed by atoms with E-state index in [2.05, 4.69) is 4.98 Å². The van der Waals surface area contributed by atoms with Crippen LogP contribution < -0.4 is 0 Å². The van der Waals surface area contributed by atoms with Gasteiger partial charge in [-0.2, -0.15) is 17.5 Å². The number of hydrogen-bond acceptors (Lipinski definition) is 4. The van der Waals surface area contributed by atoms with Crippen molar-refractivity contribution in [2.24, 2.45) is 0 Å². The van der Waals surface area contributed by atoms with E-state index in [-0.39, 0.29) is 42.8 Å². The summed E-state index contributed by atoms with van der Waals surface area (Å²) in [6.07, 6.45) is -1.28. The molecular formula is C22H21ClF3N3O3S. The zero-order valence-electron chi connectivity index (χ0n) is 17.5. The van der Waals surface area contributed by atoms with Gasteiger partial charge in [0.05, 0.1) is 10.5 Å². The van der Waals surface area contributed by atoms with Gasteiger partial charge in [0.1, 0.15) is 0 Å². The molecule has 0 N–H and O–H groups in total. The van der Waals surface area contributed by atoms with Crippen LogP contribution in [0.5, 0.6) is 0 Å². The van der Waals surface area contributed by atoms with Gasteiger partial charge < -0.3 is 4.90 Å². The van der Waals surface area contributed by atoms with Crippen LogP contribution in [0.2, 0.25) is 0 Å². The molecule has 4 rings (SSSR count). The number of pyridine rings is 1. The summed E-state index contributed by atoms with van der Waals surface area (Å²) in [6, 6.07) is 10.2. The van der Waals surface area contributed by atoms with Crippen LogP contribution in [-0.2, 0) is 16.2 Å². The first kappa shape index (κ1) is 24.9. The Hall–Kier alpha value is -2.69. The molecule has 0 aliphatic carbocycles. The molecule has 0 saturated carbocycles. The number of hydrogen-bond donors (Lipinski definition) is 0. The number of alkyl halides is 3. The summed E-state index contributed by atoms with van der Waals surface area (Å²) in [5, 5.41) is 1.59. The number of fused-ring (bicyclic) bond motifs is 1. The van der Waals surface area contributed by atoms with E-state index in [1.165, 1.54) is 4.31 Å². The molecule has 1 atom stereocenters. The predicted molar refractivity (Wildman–Crippen MR) is 120 cm³/mol. The Morgan fingerprint density at radius 3 is 2.39 bits per heavy atom. The second-order valence-corrected chi connectivity index (χ2v) is 9.57. The van der Waals surface area contributed by atoms with Gasteiger partial charge in [0.25, 0.3) is 5.91 Å². The third kappa shape index (κ3) is 4.83. The molecule has 2 heterocycles. The topological polar surface area (TPSA) is 70.6 Å². The maximum absolute atomic E-state index is 13.2. The molecule has 0 radical (unpaired) electrons. The number of piperazine rings is 1. The van der Waals surface area contributed by atoms with Crippen molar-refractivity contribution in [2.75, 3.05) is 19.6 Å². The fraction of sp³-hybridized carbons (Fsp3) is 0.273. The monoisotopic (exact) mass is 499 g/mol. The van der Waals surface area contributed by atoms with Crippen molar-refractivity contribution in [1.82, 2.24) is 14.2 Å². The maximum atomic E-state index is 13.2. The van der Waals surface area contributed by atoms with E-state index >= 15 is 0 Å². The third-order valence-corrected chi connectivity index (χ3v) is 7.46. The molecule has 33 heavy (non-hydrogen) atoms. The van der Waals surface area contributed by atoms with Gasteiger partial charge in [0.2, 0.25) is 10.0 Å². The van der Waals surface area contributed by atoms with E-state index in [9.17, 15) is 26.4 Å². The lowest BCUT2D eigenvalue weighted by atomic mass is 10.0. The summed E-state index contributed by atoms with van der Waals surface area (Å²) in [7, 11) is -3.99. The van der Waals surface area contributed by atoms with E-state index in [1.807, 2.05) is 12.1 Å². The number of amides is 1. The highest BCUT2D eigenvalue weighted by atomic mass is 35.5. The van der Waals surface area contributed by atoms with Crippen molar-refractivity contribution in [3.8, 4) is 0 Å². The Kier molecular flexibility index (Phi) is 7.01. The number of carbonyl (C=O) groups excluding carboxylic acids is 1. The highest BCUT2D eigenvalue weighted by Crippen LogP contribution is 2.31. The Balaban J connectivity index is 0.00000306. The van der Waals surface area contributed by atoms with Crippen LogP contribution >= 0.6 is 12.4 Å². The summed E-state index contributed by atoms with van der Waals surface area (Å²) in [5.41, 5.74) is -0.425. The van der Waals surface area contributed by atoms with Gasteiger partial charge in [0, 0.05) is 49.0 Å². The number of carbonyl (C=O) groups is 1. The minimum Gasteiger partial charge on any atom is -0.333 e. The van der Waals surface area contributed by atoms with Crippen molar-refractivity contribution in [2.45, 2.75) is 24.0 Å². The fourth-order valence-corrected chi connectivity index (χ4v) is 5.38. The average molecular weight is 500 g/mol.